The third kappa shape index (κ3) is 7.15. The lowest BCUT2D eigenvalue weighted by molar-refractivity contribution is -0.326. The van der Waals surface area contributed by atoms with Crippen LogP contribution in [-0.2, 0) is 38.3 Å². The van der Waals surface area contributed by atoms with E-state index in [2.05, 4.69) is 54.5 Å². The first-order chi connectivity index (χ1) is 27.7. The van der Waals surface area contributed by atoms with E-state index in [0.717, 1.165) is 18.4 Å². The van der Waals surface area contributed by atoms with Gasteiger partial charge < -0.3 is 59.8 Å². The molecule has 0 spiro atoms. The lowest BCUT2D eigenvalue weighted by Gasteiger charge is -2.71. The zero-order valence-electron chi connectivity index (χ0n) is 35.7. The van der Waals surface area contributed by atoms with Crippen molar-refractivity contribution in [2.24, 2.45) is 50.2 Å². The Morgan fingerprint density at radius 1 is 0.767 bits per heavy atom. The summed E-state index contributed by atoms with van der Waals surface area (Å²) in [6.07, 6.45) is -10.4. The fourth-order valence-corrected chi connectivity index (χ4v) is 14.4. The van der Waals surface area contributed by atoms with Gasteiger partial charge in [0.1, 0.15) is 48.1 Å². The van der Waals surface area contributed by atoms with E-state index < -0.39 is 125 Å². The third-order valence-corrected chi connectivity index (χ3v) is 17.9. The van der Waals surface area contributed by atoms with Gasteiger partial charge in [0, 0.05) is 0 Å². The summed E-state index contributed by atoms with van der Waals surface area (Å²) in [5.41, 5.74) is -2.13. The highest BCUT2D eigenvalue weighted by Gasteiger charge is 2.72. The topological polar surface area (TPSA) is 279 Å². The van der Waals surface area contributed by atoms with Crippen LogP contribution >= 0.6 is 0 Å². The van der Waals surface area contributed by atoms with Crippen LogP contribution in [0.25, 0.3) is 0 Å². The molecule has 7 rings (SSSR count). The van der Waals surface area contributed by atoms with Gasteiger partial charge in [0.15, 0.2) is 12.4 Å². The Bertz CT molecular complexity index is 1770. The van der Waals surface area contributed by atoms with Crippen LogP contribution in [0.15, 0.2) is 11.6 Å². The van der Waals surface area contributed by atoms with Crippen molar-refractivity contribution in [2.45, 2.75) is 180 Å². The average molecular weight is 877 g/mol. The average Bonchev–Trinajstić information content (AvgIpc) is 3.15. The summed E-state index contributed by atoms with van der Waals surface area (Å²) in [4.78, 5) is 14.6. The lowest BCUT2D eigenvalue weighted by Crippen LogP contribution is -2.68. The van der Waals surface area contributed by atoms with E-state index in [-0.39, 0.29) is 34.5 Å². The second kappa shape index (κ2) is 15.7. The number of ether oxygens (including phenoxy) is 4. The van der Waals surface area contributed by atoms with Gasteiger partial charge in [-0.3, -0.25) is 9.35 Å². The molecule has 0 radical (unpaired) electrons. The zero-order chi connectivity index (χ0) is 44.3. The largest absolute Gasteiger partial charge is 0.432 e. The van der Waals surface area contributed by atoms with Crippen LogP contribution in [0.2, 0.25) is 0 Å². The molecular formula is C42H68O17S. The molecule has 0 bridgehead atoms. The van der Waals surface area contributed by atoms with E-state index >= 15 is 0 Å². The second-order valence-electron chi connectivity index (χ2n) is 21.3. The van der Waals surface area contributed by atoms with E-state index in [4.69, 9.17) is 23.1 Å². The van der Waals surface area contributed by atoms with Gasteiger partial charge in [-0.2, -0.15) is 8.42 Å². The Balaban J connectivity index is 1.18. The van der Waals surface area contributed by atoms with Crippen molar-refractivity contribution in [3.8, 4) is 0 Å². The molecule has 344 valence electrons. The van der Waals surface area contributed by atoms with Gasteiger partial charge >= 0.3 is 16.4 Å². The van der Waals surface area contributed by atoms with Gasteiger partial charge in [-0.15, -0.1) is 0 Å². The van der Waals surface area contributed by atoms with Crippen LogP contribution in [0.5, 0.6) is 0 Å². The molecule has 5 aliphatic carbocycles. The highest BCUT2D eigenvalue weighted by Crippen LogP contribution is 2.76. The van der Waals surface area contributed by atoms with Gasteiger partial charge in [0.05, 0.1) is 25.4 Å². The van der Waals surface area contributed by atoms with Crippen LogP contribution in [0, 0.1) is 50.2 Å². The van der Waals surface area contributed by atoms with E-state index in [1.54, 1.807) is 0 Å². The van der Waals surface area contributed by atoms with E-state index in [0.29, 0.717) is 38.5 Å². The van der Waals surface area contributed by atoms with Crippen molar-refractivity contribution in [1.29, 1.82) is 0 Å². The van der Waals surface area contributed by atoms with Gasteiger partial charge in [0.25, 0.3) is 0 Å². The lowest BCUT2D eigenvalue weighted by atomic mass is 9.33. The normalized spacial score (nSPS) is 51.2. The molecule has 0 aromatic carbocycles. The molecule has 7 aliphatic rings. The summed E-state index contributed by atoms with van der Waals surface area (Å²) in [5.74, 6) is -0.957. The Kier molecular flexibility index (Phi) is 12.2. The summed E-state index contributed by atoms with van der Waals surface area (Å²) >= 11 is 0. The molecule has 9 N–H and O–H groups in total. The number of hydrogen-bond donors (Lipinski definition) is 9. The van der Waals surface area contributed by atoms with Crippen molar-refractivity contribution < 1.29 is 81.7 Å². The first-order valence-corrected chi connectivity index (χ1v) is 22.9. The number of fused-ring (bicyclic) bond motifs is 7. The first kappa shape index (κ1) is 46.6. The minimum absolute atomic E-state index is 0.0730. The maximum absolute atomic E-state index is 14.6. The van der Waals surface area contributed by atoms with Gasteiger partial charge in [-0.05, 0) is 103 Å². The Morgan fingerprint density at radius 3 is 2.00 bits per heavy atom. The molecule has 60 heavy (non-hydrogen) atoms. The molecule has 18 heteroatoms. The number of allylic oxidation sites excluding steroid dienone is 2. The number of aliphatic hydroxyl groups excluding tert-OH is 8. The van der Waals surface area contributed by atoms with Crippen molar-refractivity contribution >= 4 is 16.4 Å². The smallest absolute Gasteiger partial charge is 0.397 e. The number of aliphatic hydroxyl groups is 8. The maximum Gasteiger partial charge on any atom is 0.397 e. The van der Waals surface area contributed by atoms with Crippen molar-refractivity contribution in [3.05, 3.63) is 11.6 Å². The highest BCUT2D eigenvalue weighted by atomic mass is 32.3. The molecular weight excluding hydrogens is 809 g/mol. The molecule has 0 aromatic rings. The van der Waals surface area contributed by atoms with Crippen molar-refractivity contribution in [3.63, 3.8) is 0 Å². The van der Waals surface area contributed by atoms with Crippen molar-refractivity contribution in [1.82, 2.24) is 0 Å². The molecule has 2 saturated heterocycles. The SMILES string of the molecule is CC1(C)CC[C@]2(C(=O)O[C@@H]3O[C@H](CO)[C@@H](O)[C@H](O)[C@H]3O)[C@H](O)C[C@]3(C)C(=CC[C@@H]4[C@@]5(C)CC[C@H](O[C@@H]6O[C@H](CO)[C@@H](O)[C@H](O)[C@H]6OS(=O)(=O)O)C(C)(C)[C@@H]5CC[C@]43C)[C@@H]2C1. The summed E-state index contributed by atoms with van der Waals surface area (Å²) in [6.45, 7) is 14.0. The number of carbonyl (C=O) groups is 1. The van der Waals surface area contributed by atoms with Crippen molar-refractivity contribution in [2.75, 3.05) is 13.2 Å². The predicted molar refractivity (Wildman–Crippen MR) is 209 cm³/mol. The van der Waals surface area contributed by atoms with Crippen LogP contribution < -0.4 is 0 Å². The quantitative estimate of drug-likeness (QED) is 0.0715. The summed E-state index contributed by atoms with van der Waals surface area (Å²) in [7, 11) is -5.10. The number of carbonyl (C=O) groups excluding carboxylic acids is 1. The highest BCUT2D eigenvalue weighted by molar-refractivity contribution is 7.80. The van der Waals surface area contributed by atoms with Gasteiger partial charge in [-0.25, -0.2) is 4.18 Å². The molecule has 2 heterocycles. The van der Waals surface area contributed by atoms with E-state index in [1.807, 2.05) is 0 Å². The summed E-state index contributed by atoms with van der Waals surface area (Å²) < 4.78 is 61.6. The maximum atomic E-state index is 14.6. The van der Waals surface area contributed by atoms with E-state index in [1.165, 1.54) is 0 Å². The van der Waals surface area contributed by atoms with Gasteiger partial charge in [0.2, 0.25) is 6.29 Å². The molecule has 0 aromatic heterocycles. The minimum atomic E-state index is -5.10. The van der Waals surface area contributed by atoms with Gasteiger partial charge in [-0.1, -0.05) is 60.1 Å². The number of esters is 1. The number of rotatable bonds is 8. The predicted octanol–water partition coefficient (Wildman–Crippen LogP) is 1.11. The molecule has 0 unspecified atom stereocenters. The number of hydrogen-bond acceptors (Lipinski definition) is 16. The molecule has 2 aliphatic heterocycles. The molecule has 17 nitrogen and oxygen atoms in total. The standard InChI is InChI=1S/C42H68O17S/c1-37(2)14-15-42(36(51)58-34-32(50)30(48)28(46)22(18-43)55-34)21(16-37)20-8-9-25-39(5)12-11-27(38(3,4)24(39)10-13-40(25,6)41(20,7)17-26(42)45)57-35-33(59-60(52,53)54)31(49)29(47)23(19-44)56-35/h8,21-35,43-50H,9-19H2,1-7H3,(H,52,53,54)/t21-,22+,23+,24-,25+,26+,27-,28+,29+,30-,31-,32+,33+,34-,35-,39-,40+,41+,42+/m0/s1. The van der Waals surface area contributed by atoms with Crippen LogP contribution in [0.3, 0.4) is 0 Å². The minimum Gasteiger partial charge on any atom is -0.432 e. The fraction of sp³-hybridized carbons (Fsp3) is 0.929. The Hall–Kier alpha value is -1.36. The Morgan fingerprint density at radius 2 is 1.38 bits per heavy atom. The Labute approximate surface area is 352 Å². The zero-order valence-corrected chi connectivity index (χ0v) is 36.5. The fourth-order valence-electron chi connectivity index (χ4n) is 13.9. The second-order valence-corrected chi connectivity index (χ2v) is 22.3. The molecule has 19 atom stereocenters. The van der Waals surface area contributed by atoms with E-state index in [9.17, 15) is 58.6 Å². The summed E-state index contributed by atoms with van der Waals surface area (Å²) in [6, 6.07) is 0. The summed E-state index contributed by atoms with van der Waals surface area (Å²) in [5, 5.41) is 85.1. The van der Waals surface area contributed by atoms with Crippen LogP contribution in [0.1, 0.15) is 106 Å². The molecule has 4 saturated carbocycles. The first-order valence-electron chi connectivity index (χ1n) is 21.6. The van der Waals surface area contributed by atoms with Crippen LogP contribution in [-0.4, -0.2) is 147 Å². The molecule has 6 fully saturated rings. The monoisotopic (exact) mass is 876 g/mol. The third-order valence-electron chi connectivity index (χ3n) is 17.4. The molecule has 0 amide bonds. The van der Waals surface area contributed by atoms with Crippen LogP contribution in [0.4, 0.5) is 0 Å².